The molecule has 7 aromatic carbocycles. The van der Waals surface area contributed by atoms with Gasteiger partial charge in [-0.15, -0.1) is 70.8 Å². The summed E-state index contributed by atoms with van der Waals surface area (Å²) < 4.78 is 0. The van der Waals surface area contributed by atoms with E-state index in [1.165, 1.54) is 33.4 Å². The summed E-state index contributed by atoms with van der Waals surface area (Å²) in [5.74, 6) is 0. The van der Waals surface area contributed by atoms with Gasteiger partial charge in [0.1, 0.15) is 0 Å². The third-order valence-corrected chi connectivity index (χ3v) is 8.83. The minimum Gasteiger partial charge on any atom is -0.295 e. The van der Waals surface area contributed by atoms with E-state index in [0.717, 1.165) is 44.9 Å². The summed E-state index contributed by atoms with van der Waals surface area (Å²) in [5, 5.41) is 0. The van der Waals surface area contributed by atoms with Gasteiger partial charge in [0.25, 0.3) is 0 Å². The quantitative estimate of drug-likeness (QED) is 0.111. The van der Waals surface area contributed by atoms with Crippen molar-refractivity contribution in [1.82, 2.24) is 4.98 Å². The van der Waals surface area contributed by atoms with Crippen LogP contribution in [0.25, 0.3) is 66.9 Å². The summed E-state index contributed by atoms with van der Waals surface area (Å²) in [4.78, 5) is 9.93. The van der Waals surface area contributed by atoms with E-state index < -0.39 is 0 Å². The van der Waals surface area contributed by atoms with Crippen LogP contribution in [-0.4, -0.2) is 11.2 Å². The van der Waals surface area contributed by atoms with Gasteiger partial charge in [0.05, 0.1) is 11.9 Å². The molecule has 0 spiro atoms. The summed E-state index contributed by atoms with van der Waals surface area (Å²) in [6.45, 7) is 0. The number of rotatable bonds is 8. The van der Waals surface area contributed by atoms with Crippen LogP contribution in [0, 0.1) is 12.1 Å². The molecule has 0 aliphatic heterocycles. The second-order valence-electron chi connectivity index (χ2n) is 12.0. The zero-order valence-corrected chi connectivity index (χ0v) is 30.0. The Bertz CT molecular complexity index is 2430. The fourth-order valence-electron chi connectivity index (χ4n) is 6.40. The largest absolute Gasteiger partial charge is 2.00 e. The maximum Gasteiger partial charge on any atom is 2.00 e. The maximum atomic E-state index is 4.98. The van der Waals surface area contributed by atoms with Gasteiger partial charge >= 0.3 is 21.1 Å². The van der Waals surface area contributed by atoms with E-state index in [-0.39, 0.29) is 21.1 Å². The SMILES string of the molecule is [Pt+2].[c-]1ccc(-c2ccccc2-c2ccccc2)cc1-c1cccc(C=Nc2ccccc2-c2[c-]ccc(-c3ccccc3-c3ccccc3)c2)n1. The van der Waals surface area contributed by atoms with Crippen molar-refractivity contribution in [3.05, 3.63) is 206 Å². The van der Waals surface area contributed by atoms with Crippen LogP contribution in [0.5, 0.6) is 0 Å². The summed E-state index contributed by atoms with van der Waals surface area (Å²) in [7, 11) is 0. The minimum absolute atomic E-state index is 0. The van der Waals surface area contributed by atoms with Gasteiger partial charge in [-0.2, -0.15) is 0 Å². The van der Waals surface area contributed by atoms with Gasteiger partial charge in [-0.25, -0.2) is 0 Å². The van der Waals surface area contributed by atoms with Crippen LogP contribution >= 0.6 is 0 Å². The van der Waals surface area contributed by atoms with Gasteiger partial charge in [0.2, 0.25) is 0 Å². The number of para-hydroxylation sites is 1. The van der Waals surface area contributed by atoms with Gasteiger partial charge in [-0.3, -0.25) is 9.98 Å². The van der Waals surface area contributed by atoms with E-state index in [1.54, 1.807) is 0 Å². The molecule has 8 rings (SSSR count). The second kappa shape index (κ2) is 15.7. The Balaban J connectivity index is 0.00000406. The Morgan fingerprint density at radius 3 is 1.47 bits per heavy atom. The number of nitrogens with zero attached hydrogens (tertiary/aromatic N) is 2. The van der Waals surface area contributed by atoms with Gasteiger partial charge in [0.15, 0.2) is 0 Å². The fourth-order valence-corrected chi connectivity index (χ4v) is 6.40. The average Bonchev–Trinajstić information content (AvgIpc) is 3.21. The van der Waals surface area contributed by atoms with Crippen molar-refractivity contribution in [2.75, 3.05) is 0 Å². The smallest absolute Gasteiger partial charge is 0.295 e. The summed E-state index contributed by atoms with van der Waals surface area (Å²) in [5.41, 5.74) is 14.8. The van der Waals surface area contributed by atoms with Crippen molar-refractivity contribution in [3.63, 3.8) is 0 Å². The molecule has 0 saturated heterocycles. The van der Waals surface area contributed by atoms with E-state index in [9.17, 15) is 0 Å². The third-order valence-electron chi connectivity index (χ3n) is 8.83. The van der Waals surface area contributed by atoms with Crippen molar-refractivity contribution < 1.29 is 21.1 Å². The van der Waals surface area contributed by atoms with Crippen molar-refractivity contribution in [2.45, 2.75) is 0 Å². The zero-order chi connectivity index (χ0) is 33.5. The Morgan fingerprint density at radius 2 is 0.882 bits per heavy atom. The average molecular weight is 832 g/mol. The Kier molecular flexibility index (Phi) is 10.3. The van der Waals surface area contributed by atoms with Gasteiger partial charge in [-0.1, -0.05) is 145 Å². The molecule has 244 valence electrons. The van der Waals surface area contributed by atoms with Gasteiger partial charge in [0, 0.05) is 5.69 Å². The molecule has 0 saturated carbocycles. The number of hydrogen-bond acceptors (Lipinski definition) is 2. The molecule has 0 aliphatic rings. The van der Waals surface area contributed by atoms with Crippen LogP contribution < -0.4 is 0 Å². The molecule has 0 bridgehead atoms. The number of benzene rings is 7. The van der Waals surface area contributed by atoms with E-state index in [2.05, 4.69) is 140 Å². The minimum atomic E-state index is 0. The third kappa shape index (κ3) is 7.48. The van der Waals surface area contributed by atoms with Crippen LogP contribution in [0.15, 0.2) is 193 Å². The molecule has 1 aromatic heterocycles. The van der Waals surface area contributed by atoms with Crippen LogP contribution in [0.2, 0.25) is 0 Å². The molecule has 0 radical (unpaired) electrons. The Morgan fingerprint density at radius 1 is 0.412 bits per heavy atom. The summed E-state index contributed by atoms with van der Waals surface area (Å²) >= 11 is 0. The van der Waals surface area contributed by atoms with E-state index in [4.69, 9.17) is 9.98 Å². The number of aromatic nitrogens is 1. The van der Waals surface area contributed by atoms with Crippen molar-refractivity contribution in [2.24, 2.45) is 4.99 Å². The number of pyridine rings is 1. The molecule has 0 N–H and O–H groups in total. The topological polar surface area (TPSA) is 25.2 Å². The number of hydrogen-bond donors (Lipinski definition) is 0. The summed E-state index contributed by atoms with van der Waals surface area (Å²) in [6.07, 6.45) is 1.84. The monoisotopic (exact) mass is 831 g/mol. The predicted octanol–water partition coefficient (Wildman–Crippen LogP) is 12.4. The fraction of sp³-hybridized carbons (Fsp3) is 0. The van der Waals surface area contributed by atoms with Crippen LogP contribution in [0.1, 0.15) is 5.69 Å². The molecular formula is C48H32N2Pt. The Labute approximate surface area is 314 Å². The summed E-state index contributed by atoms with van der Waals surface area (Å²) in [6, 6.07) is 71.8. The second-order valence-corrected chi connectivity index (χ2v) is 12.0. The molecule has 51 heavy (non-hydrogen) atoms. The molecule has 2 nitrogen and oxygen atoms in total. The zero-order valence-electron chi connectivity index (χ0n) is 27.7. The van der Waals surface area contributed by atoms with Crippen LogP contribution in [0.3, 0.4) is 0 Å². The van der Waals surface area contributed by atoms with Gasteiger partial charge in [-0.05, 0) is 51.2 Å². The first kappa shape index (κ1) is 33.5. The first-order valence-electron chi connectivity index (χ1n) is 16.7. The van der Waals surface area contributed by atoms with Crippen molar-refractivity contribution in [1.29, 1.82) is 0 Å². The van der Waals surface area contributed by atoms with E-state index >= 15 is 0 Å². The van der Waals surface area contributed by atoms with E-state index in [0.29, 0.717) is 0 Å². The first-order valence-corrected chi connectivity index (χ1v) is 16.7. The van der Waals surface area contributed by atoms with Crippen LogP contribution in [0.4, 0.5) is 5.69 Å². The standard InChI is InChI=1S/C48H32N2.Pt/c1-3-16-35(17-4-1)42-25-7-9-27-44(42)37-20-13-22-39(32-37)46-29-11-12-30-48(46)49-34-41-24-15-31-47(50-41)40-23-14-21-38(33-40)45-28-10-8-26-43(45)36-18-5-2-6-19-36;/h1-21,24-34H;/q-2;+2. The molecule has 0 unspecified atom stereocenters. The predicted molar refractivity (Wildman–Crippen MR) is 208 cm³/mol. The van der Waals surface area contributed by atoms with Crippen LogP contribution in [-0.2, 0) is 21.1 Å². The molecule has 8 aromatic rings. The molecule has 0 fully saturated rings. The molecule has 1 heterocycles. The maximum absolute atomic E-state index is 4.98. The van der Waals surface area contributed by atoms with E-state index in [1.807, 2.05) is 66.9 Å². The normalized spacial score (nSPS) is 10.9. The molecular weight excluding hydrogens is 800 g/mol. The molecule has 0 atom stereocenters. The number of aliphatic imine (C=N–C) groups is 1. The van der Waals surface area contributed by atoms with Crippen molar-refractivity contribution >= 4 is 11.9 Å². The molecule has 0 aliphatic carbocycles. The van der Waals surface area contributed by atoms with Gasteiger partial charge < -0.3 is 0 Å². The first-order chi connectivity index (χ1) is 24.8. The Hall–Kier alpha value is -5.95. The molecule has 3 heteroatoms. The molecule has 0 amide bonds. The van der Waals surface area contributed by atoms with Crippen molar-refractivity contribution in [3.8, 4) is 66.9 Å².